The number of benzene rings is 1. The van der Waals surface area contributed by atoms with Crippen molar-refractivity contribution in [1.29, 1.82) is 0 Å². The second-order valence-electron chi connectivity index (χ2n) is 4.70. The van der Waals surface area contributed by atoms with E-state index in [1.807, 2.05) is 12.1 Å². The number of quaternary nitrogens is 1. The molecule has 0 aromatic heterocycles. The van der Waals surface area contributed by atoms with Crippen molar-refractivity contribution in [3.05, 3.63) is 34.9 Å². The number of morpholine rings is 1. The van der Waals surface area contributed by atoms with Gasteiger partial charge in [0.25, 0.3) is 5.91 Å². The lowest BCUT2D eigenvalue weighted by atomic mass is 10.2. The number of carbonyl (C=O) groups is 1. The second-order valence-corrected chi connectivity index (χ2v) is 5.11. The summed E-state index contributed by atoms with van der Waals surface area (Å²) >= 11 is 5.97. The maximum absolute atomic E-state index is 11.9. The molecule has 0 atom stereocenters. The summed E-state index contributed by atoms with van der Waals surface area (Å²) in [5, 5.41) is 3.41. The fourth-order valence-corrected chi connectivity index (χ4v) is 2.41. The lowest BCUT2D eigenvalue weighted by molar-refractivity contribution is -0.908. The molecule has 1 aliphatic rings. The van der Waals surface area contributed by atoms with Crippen LogP contribution in [0.15, 0.2) is 24.3 Å². The molecule has 1 heterocycles. The minimum atomic E-state index is -0.0948. The summed E-state index contributed by atoms with van der Waals surface area (Å²) in [5.74, 6) is -0.0948. The molecular weight excluding hydrogens is 264 g/mol. The molecule has 0 aliphatic carbocycles. The van der Waals surface area contributed by atoms with Gasteiger partial charge in [0.2, 0.25) is 0 Å². The molecule has 1 saturated heterocycles. The van der Waals surface area contributed by atoms with Crippen molar-refractivity contribution in [3.63, 3.8) is 0 Å². The van der Waals surface area contributed by atoms with Crippen LogP contribution in [0, 0.1) is 0 Å². The molecule has 4 nitrogen and oxygen atoms in total. The monoisotopic (exact) mass is 283 g/mol. The van der Waals surface area contributed by atoms with Crippen molar-refractivity contribution < 1.29 is 14.4 Å². The molecule has 2 N–H and O–H groups in total. The fourth-order valence-electron chi connectivity index (χ4n) is 2.19. The van der Waals surface area contributed by atoms with Crippen LogP contribution < -0.4 is 10.2 Å². The topological polar surface area (TPSA) is 42.8 Å². The third-order valence-electron chi connectivity index (χ3n) is 3.31. The third kappa shape index (κ3) is 4.49. The number of rotatable bonds is 5. The lowest BCUT2D eigenvalue weighted by Gasteiger charge is -2.23. The Kier molecular flexibility index (Phi) is 5.63. The SMILES string of the molecule is O=C(NCCC[NH+]1CCOCC1)c1ccccc1Cl. The van der Waals surface area contributed by atoms with Crippen molar-refractivity contribution in [3.8, 4) is 0 Å². The summed E-state index contributed by atoms with van der Waals surface area (Å²) in [5.41, 5.74) is 0.544. The quantitative estimate of drug-likeness (QED) is 0.767. The first-order valence-electron chi connectivity index (χ1n) is 6.71. The minimum Gasteiger partial charge on any atom is -0.370 e. The molecule has 5 heteroatoms. The number of hydrogen-bond donors (Lipinski definition) is 2. The van der Waals surface area contributed by atoms with Gasteiger partial charge in [-0.15, -0.1) is 0 Å². The molecule has 1 aliphatic heterocycles. The van der Waals surface area contributed by atoms with Gasteiger partial charge >= 0.3 is 0 Å². The van der Waals surface area contributed by atoms with Crippen LogP contribution in [0.1, 0.15) is 16.8 Å². The van der Waals surface area contributed by atoms with E-state index >= 15 is 0 Å². The van der Waals surface area contributed by atoms with E-state index < -0.39 is 0 Å². The molecule has 1 aromatic rings. The van der Waals surface area contributed by atoms with E-state index in [4.69, 9.17) is 16.3 Å². The first kappa shape index (κ1) is 14.3. The van der Waals surface area contributed by atoms with E-state index in [1.165, 1.54) is 0 Å². The second kappa shape index (κ2) is 7.48. The number of amides is 1. The van der Waals surface area contributed by atoms with Crippen LogP contribution in [0.5, 0.6) is 0 Å². The molecule has 0 saturated carbocycles. The smallest absolute Gasteiger partial charge is 0.252 e. The van der Waals surface area contributed by atoms with E-state index in [0.29, 0.717) is 17.1 Å². The van der Waals surface area contributed by atoms with E-state index in [2.05, 4.69) is 5.32 Å². The van der Waals surface area contributed by atoms with Gasteiger partial charge in [-0.3, -0.25) is 4.79 Å². The summed E-state index contributed by atoms with van der Waals surface area (Å²) in [6, 6.07) is 7.11. The van der Waals surface area contributed by atoms with Gasteiger partial charge in [0, 0.05) is 13.0 Å². The maximum Gasteiger partial charge on any atom is 0.252 e. The number of carbonyl (C=O) groups excluding carboxylic acids is 1. The van der Waals surface area contributed by atoms with Gasteiger partial charge in [0.1, 0.15) is 13.1 Å². The number of halogens is 1. The zero-order chi connectivity index (χ0) is 13.5. The van der Waals surface area contributed by atoms with Crippen LogP contribution in [-0.4, -0.2) is 45.3 Å². The highest BCUT2D eigenvalue weighted by Crippen LogP contribution is 2.14. The number of nitrogens with one attached hydrogen (secondary N) is 2. The molecular formula is C14H20ClN2O2+. The zero-order valence-electron chi connectivity index (χ0n) is 11.0. The van der Waals surface area contributed by atoms with Crippen LogP contribution in [0.2, 0.25) is 5.02 Å². The zero-order valence-corrected chi connectivity index (χ0v) is 11.7. The van der Waals surface area contributed by atoms with E-state index in [-0.39, 0.29) is 5.91 Å². The molecule has 104 valence electrons. The molecule has 0 radical (unpaired) electrons. The molecule has 1 fully saturated rings. The van der Waals surface area contributed by atoms with Gasteiger partial charge in [-0.05, 0) is 12.1 Å². The van der Waals surface area contributed by atoms with Crippen LogP contribution in [-0.2, 0) is 4.74 Å². The summed E-state index contributed by atoms with van der Waals surface area (Å²) in [6.07, 6.45) is 0.978. The standard InChI is InChI=1S/C14H19ClN2O2/c15-13-5-2-1-4-12(13)14(18)16-6-3-7-17-8-10-19-11-9-17/h1-2,4-5H,3,6-11H2,(H,16,18)/p+1. The van der Waals surface area contributed by atoms with Gasteiger partial charge in [-0.2, -0.15) is 0 Å². The first-order chi connectivity index (χ1) is 9.27. The molecule has 0 bridgehead atoms. The average molecular weight is 284 g/mol. The molecule has 19 heavy (non-hydrogen) atoms. The van der Waals surface area contributed by atoms with Gasteiger partial charge in [0.05, 0.1) is 30.3 Å². The predicted molar refractivity (Wildman–Crippen MR) is 74.8 cm³/mol. The van der Waals surface area contributed by atoms with Crippen LogP contribution >= 0.6 is 11.6 Å². The van der Waals surface area contributed by atoms with Gasteiger partial charge in [-0.25, -0.2) is 0 Å². The Hall–Kier alpha value is -1.10. The van der Waals surface area contributed by atoms with E-state index in [9.17, 15) is 4.79 Å². The van der Waals surface area contributed by atoms with Gasteiger partial charge < -0.3 is 15.0 Å². The largest absolute Gasteiger partial charge is 0.370 e. The third-order valence-corrected chi connectivity index (χ3v) is 3.64. The van der Waals surface area contributed by atoms with Crippen molar-refractivity contribution in [1.82, 2.24) is 5.32 Å². The fraction of sp³-hybridized carbons (Fsp3) is 0.500. The lowest BCUT2D eigenvalue weighted by Crippen LogP contribution is -3.14. The highest BCUT2D eigenvalue weighted by Gasteiger charge is 2.13. The van der Waals surface area contributed by atoms with E-state index in [1.54, 1.807) is 17.0 Å². The van der Waals surface area contributed by atoms with Crippen molar-refractivity contribution in [2.24, 2.45) is 0 Å². The molecule has 1 aromatic carbocycles. The maximum atomic E-state index is 11.9. The Balaban J connectivity index is 1.68. The van der Waals surface area contributed by atoms with Crippen LogP contribution in [0.3, 0.4) is 0 Å². The molecule has 0 unspecified atom stereocenters. The van der Waals surface area contributed by atoms with Gasteiger partial charge in [0.15, 0.2) is 0 Å². The summed E-state index contributed by atoms with van der Waals surface area (Å²) < 4.78 is 5.31. The van der Waals surface area contributed by atoms with Gasteiger partial charge in [-0.1, -0.05) is 23.7 Å². The highest BCUT2D eigenvalue weighted by molar-refractivity contribution is 6.33. The average Bonchev–Trinajstić information content (AvgIpc) is 2.45. The Bertz CT molecular complexity index is 420. The normalized spacial score (nSPS) is 16.3. The molecule has 2 rings (SSSR count). The summed E-state index contributed by atoms with van der Waals surface area (Å²) in [6.45, 7) is 5.60. The Morgan fingerprint density at radius 2 is 2.05 bits per heavy atom. The van der Waals surface area contributed by atoms with Crippen LogP contribution in [0.4, 0.5) is 0 Å². The summed E-state index contributed by atoms with van der Waals surface area (Å²) in [4.78, 5) is 13.4. The summed E-state index contributed by atoms with van der Waals surface area (Å²) in [7, 11) is 0. The number of ether oxygens (including phenoxy) is 1. The Morgan fingerprint density at radius 1 is 1.32 bits per heavy atom. The number of hydrogen-bond acceptors (Lipinski definition) is 2. The van der Waals surface area contributed by atoms with Crippen LogP contribution in [0.25, 0.3) is 0 Å². The first-order valence-corrected chi connectivity index (χ1v) is 7.09. The van der Waals surface area contributed by atoms with Crippen molar-refractivity contribution in [2.45, 2.75) is 6.42 Å². The molecule has 0 spiro atoms. The Morgan fingerprint density at radius 3 is 2.79 bits per heavy atom. The Labute approximate surface area is 118 Å². The molecule has 1 amide bonds. The van der Waals surface area contributed by atoms with Crippen molar-refractivity contribution in [2.75, 3.05) is 39.4 Å². The van der Waals surface area contributed by atoms with Crippen molar-refractivity contribution >= 4 is 17.5 Å². The predicted octanol–water partition coefficient (Wildman–Crippen LogP) is 0.375. The van der Waals surface area contributed by atoms with E-state index in [0.717, 1.165) is 39.3 Å². The highest BCUT2D eigenvalue weighted by atomic mass is 35.5. The minimum absolute atomic E-state index is 0.0948.